The maximum absolute atomic E-state index is 12.4. The zero-order valence-electron chi connectivity index (χ0n) is 11.3. The molecule has 1 aliphatic rings. The van der Waals surface area contributed by atoms with Crippen LogP contribution in [0.3, 0.4) is 0 Å². The molecular weight excluding hydrogens is 356 g/mol. The number of ether oxygens (including phenoxy) is 1. The predicted molar refractivity (Wildman–Crippen MR) is 81.5 cm³/mol. The Hall–Kier alpha value is -1.54. The minimum atomic E-state index is -0.0242. The van der Waals surface area contributed by atoms with Crippen molar-refractivity contribution in [2.24, 2.45) is 0 Å². The second kappa shape index (κ2) is 6.07. The van der Waals surface area contributed by atoms with Crippen LogP contribution >= 0.6 is 27.5 Å². The summed E-state index contributed by atoms with van der Waals surface area (Å²) in [5, 5.41) is 3.88. The third kappa shape index (κ3) is 3.21. The van der Waals surface area contributed by atoms with Gasteiger partial charge in [-0.3, -0.25) is 4.79 Å². The Morgan fingerprint density at radius 3 is 3.05 bits per heavy atom. The lowest BCUT2D eigenvalue weighted by molar-refractivity contribution is 0.0775. The van der Waals surface area contributed by atoms with E-state index in [2.05, 4.69) is 30.5 Å². The molecule has 1 fully saturated rings. The molecule has 2 aromatic rings. The summed E-state index contributed by atoms with van der Waals surface area (Å²) in [4.78, 5) is 18.9. The van der Waals surface area contributed by atoms with Crippen LogP contribution in [-0.2, 0) is 0 Å². The lowest BCUT2D eigenvalue weighted by atomic mass is 10.3. The lowest BCUT2D eigenvalue weighted by Crippen LogP contribution is -2.30. The fraction of sp³-hybridized carbons (Fsp3) is 0.385. The van der Waals surface area contributed by atoms with Gasteiger partial charge < -0.3 is 9.64 Å². The van der Waals surface area contributed by atoms with Crippen molar-refractivity contribution >= 4 is 33.4 Å². The van der Waals surface area contributed by atoms with Crippen molar-refractivity contribution in [2.75, 3.05) is 13.1 Å². The van der Waals surface area contributed by atoms with Crippen LogP contribution in [0.4, 0.5) is 0 Å². The minimum Gasteiger partial charge on any atom is -0.472 e. The molecule has 0 bridgehead atoms. The summed E-state index contributed by atoms with van der Waals surface area (Å²) in [5.41, 5.74) is 0.684. The van der Waals surface area contributed by atoms with E-state index >= 15 is 0 Å². The molecule has 1 saturated heterocycles. The largest absolute Gasteiger partial charge is 0.472 e. The Balaban J connectivity index is 1.62. The van der Waals surface area contributed by atoms with E-state index in [1.807, 2.05) is 12.1 Å². The number of halogens is 1. The monoisotopic (exact) mass is 368 g/mol. The van der Waals surface area contributed by atoms with E-state index in [4.69, 9.17) is 4.74 Å². The highest BCUT2D eigenvalue weighted by atomic mass is 79.9. The third-order valence-corrected chi connectivity index (χ3v) is 4.55. The first-order valence-electron chi connectivity index (χ1n) is 6.50. The van der Waals surface area contributed by atoms with Gasteiger partial charge in [0, 0.05) is 29.7 Å². The summed E-state index contributed by atoms with van der Waals surface area (Å²) in [7, 11) is 0. The highest BCUT2D eigenvalue weighted by molar-refractivity contribution is 9.10. The van der Waals surface area contributed by atoms with Crippen LogP contribution in [0.15, 0.2) is 22.8 Å². The number of amides is 1. The fourth-order valence-corrected chi connectivity index (χ4v) is 3.04. The van der Waals surface area contributed by atoms with Gasteiger partial charge in [-0.2, -0.15) is 0 Å². The van der Waals surface area contributed by atoms with Crippen LogP contribution in [0.5, 0.6) is 5.88 Å². The zero-order chi connectivity index (χ0) is 14.8. The Kier molecular flexibility index (Phi) is 4.16. The summed E-state index contributed by atoms with van der Waals surface area (Å²) in [6, 6.07) is 3.69. The normalized spacial score (nSPS) is 18.0. The number of aryl methyl sites for hydroxylation is 1. The molecule has 6 nitrogen and oxygen atoms in total. The van der Waals surface area contributed by atoms with E-state index in [0.29, 0.717) is 29.5 Å². The van der Waals surface area contributed by atoms with Crippen molar-refractivity contribution in [1.82, 2.24) is 19.5 Å². The smallest absolute Gasteiger partial charge is 0.267 e. The molecule has 21 heavy (non-hydrogen) atoms. The van der Waals surface area contributed by atoms with Crippen LogP contribution in [0.2, 0.25) is 0 Å². The molecule has 1 atom stereocenters. The minimum absolute atomic E-state index is 0.0163. The second-order valence-electron chi connectivity index (χ2n) is 4.78. The van der Waals surface area contributed by atoms with Crippen molar-refractivity contribution in [2.45, 2.75) is 19.4 Å². The molecule has 0 saturated carbocycles. The number of carbonyl (C=O) groups excluding carboxylic acids is 1. The van der Waals surface area contributed by atoms with Crippen molar-refractivity contribution in [1.29, 1.82) is 0 Å². The molecule has 8 heteroatoms. The topological polar surface area (TPSA) is 68.2 Å². The van der Waals surface area contributed by atoms with Crippen LogP contribution in [0.1, 0.15) is 21.8 Å². The molecule has 1 amide bonds. The highest BCUT2D eigenvalue weighted by Crippen LogP contribution is 2.21. The summed E-state index contributed by atoms with van der Waals surface area (Å²) in [6.07, 6.45) is 2.47. The molecule has 110 valence electrons. The first kappa shape index (κ1) is 14.4. The summed E-state index contributed by atoms with van der Waals surface area (Å²) in [5.74, 6) is 0.561. The maximum Gasteiger partial charge on any atom is 0.267 e. The molecule has 3 heterocycles. The van der Waals surface area contributed by atoms with E-state index in [9.17, 15) is 4.79 Å². The van der Waals surface area contributed by atoms with Gasteiger partial charge in [0.05, 0.1) is 12.2 Å². The molecule has 3 rings (SSSR count). The van der Waals surface area contributed by atoms with Crippen molar-refractivity contribution in [3.8, 4) is 5.88 Å². The van der Waals surface area contributed by atoms with Gasteiger partial charge in [-0.25, -0.2) is 4.98 Å². The van der Waals surface area contributed by atoms with Crippen molar-refractivity contribution in [3.63, 3.8) is 0 Å². The molecule has 0 aliphatic carbocycles. The average molecular weight is 369 g/mol. The van der Waals surface area contributed by atoms with Gasteiger partial charge >= 0.3 is 0 Å². The van der Waals surface area contributed by atoms with Crippen LogP contribution < -0.4 is 4.74 Å². The number of rotatable bonds is 3. The van der Waals surface area contributed by atoms with Crippen LogP contribution in [-0.4, -0.2) is 44.6 Å². The van der Waals surface area contributed by atoms with Gasteiger partial charge in [-0.15, -0.1) is 5.10 Å². The number of hydrogen-bond acceptors (Lipinski definition) is 6. The Morgan fingerprint density at radius 2 is 2.38 bits per heavy atom. The van der Waals surface area contributed by atoms with Gasteiger partial charge in [-0.1, -0.05) is 4.49 Å². The van der Waals surface area contributed by atoms with E-state index in [0.717, 1.165) is 22.4 Å². The first-order chi connectivity index (χ1) is 10.1. The molecular formula is C13H13BrN4O2S. The van der Waals surface area contributed by atoms with E-state index in [-0.39, 0.29) is 12.0 Å². The summed E-state index contributed by atoms with van der Waals surface area (Å²) < 4.78 is 10.5. The van der Waals surface area contributed by atoms with E-state index in [1.165, 1.54) is 0 Å². The van der Waals surface area contributed by atoms with Gasteiger partial charge in [0.2, 0.25) is 5.88 Å². The Bertz CT molecular complexity index is 646. The fourth-order valence-electron chi connectivity index (χ4n) is 2.18. The van der Waals surface area contributed by atoms with Crippen LogP contribution in [0.25, 0.3) is 0 Å². The van der Waals surface area contributed by atoms with Crippen molar-refractivity contribution < 1.29 is 9.53 Å². The van der Waals surface area contributed by atoms with Crippen LogP contribution in [0, 0.1) is 6.92 Å². The molecule has 1 aliphatic heterocycles. The zero-order valence-corrected chi connectivity index (χ0v) is 13.7. The number of aromatic nitrogens is 3. The maximum atomic E-state index is 12.4. The Labute approximate surface area is 134 Å². The number of nitrogens with zero attached hydrogens (tertiary/aromatic N) is 4. The van der Waals surface area contributed by atoms with Gasteiger partial charge in [0.25, 0.3) is 5.91 Å². The SMILES string of the molecule is Cc1nnsc1C(=O)N1CCC(Oc2ccc(Br)cn2)C1. The quantitative estimate of drug-likeness (QED) is 0.831. The van der Waals surface area contributed by atoms with Gasteiger partial charge in [0.15, 0.2) is 0 Å². The Morgan fingerprint density at radius 1 is 1.52 bits per heavy atom. The second-order valence-corrected chi connectivity index (χ2v) is 6.45. The highest BCUT2D eigenvalue weighted by Gasteiger charge is 2.30. The number of likely N-dealkylation sites (tertiary alicyclic amines) is 1. The van der Waals surface area contributed by atoms with E-state index < -0.39 is 0 Å². The molecule has 0 aromatic carbocycles. The summed E-state index contributed by atoms with van der Waals surface area (Å²) >= 11 is 4.47. The first-order valence-corrected chi connectivity index (χ1v) is 8.06. The van der Waals surface area contributed by atoms with E-state index in [1.54, 1.807) is 18.0 Å². The van der Waals surface area contributed by atoms with Gasteiger partial charge in [0.1, 0.15) is 11.0 Å². The number of carbonyl (C=O) groups is 1. The molecule has 2 aromatic heterocycles. The number of hydrogen-bond donors (Lipinski definition) is 0. The predicted octanol–water partition coefficient (Wildman–Crippen LogP) is 2.30. The molecule has 0 spiro atoms. The van der Waals surface area contributed by atoms with Crippen molar-refractivity contribution in [3.05, 3.63) is 33.4 Å². The number of pyridine rings is 1. The molecule has 0 N–H and O–H groups in total. The van der Waals surface area contributed by atoms with Gasteiger partial charge in [-0.05, 0) is 40.5 Å². The standard InChI is InChI=1S/C13H13BrN4O2S/c1-8-12(21-17-16-8)13(19)18-5-4-10(7-18)20-11-3-2-9(14)6-15-11/h2-3,6,10H,4-5,7H2,1H3. The third-order valence-electron chi connectivity index (χ3n) is 3.27. The molecule has 1 unspecified atom stereocenters. The summed E-state index contributed by atoms with van der Waals surface area (Å²) in [6.45, 7) is 3.04. The molecule has 0 radical (unpaired) electrons. The lowest BCUT2D eigenvalue weighted by Gasteiger charge is -2.16. The average Bonchev–Trinajstić information content (AvgIpc) is 3.10.